The fourth-order valence-corrected chi connectivity index (χ4v) is 3.75. The van der Waals surface area contributed by atoms with E-state index in [9.17, 15) is 9.90 Å². The number of rotatable bonds is 3. The van der Waals surface area contributed by atoms with Crippen LogP contribution in [0, 0.1) is 0 Å². The number of β-amino-alcohol motifs (C(OH)–C–C–N with tert-alkyl or cyclic N) is 1. The monoisotopic (exact) mass is 304 g/mol. The molecule has 3 rings (SSSR count). The van der Waals surface area contributed by atoms with Gasteiger partial charge in [-0.2, -0.15) is 0 Å². The van der Waals surface area contributed by atoms with Gasteiger partial charge in [0.2, 0.25) is 5.91 Å². The Morgan fingerprint density at radius 3 is 2.77 bits per heavy atom. The fraction of sp³-hybridized carbons (Fsp3) is 0.588. The van der Waals surface area contributed by atoms with Crippen LogP contribution < -0.4 is 4.74 Å². The maximum atomic E-state index is 12.9. The van der Waals surface area contributed by atoms with Gasteiger partial charge in [-0.15, -0.1) is 0 Å². The average molecular weight is 304 g/mol. The van der Waals surface area contributed by atoms with Crippen molar-refractivity contribution >= 4 is 5.91 Å². The van der Waals surface area contributed by atoms with Gasteiger partial charge in [0.15, 0.2) is 0 Å². The summed E-state index contributed by atoms with van der Waals surface area (Å²) in [4.78, 5) is 16.7. The van der Waals surface area contributed by atoms with Gasteiger partial charge < -0.3 is 19.6 Å². The maximum Gasteiger partial charge on any atom is 0.230 e. The van der Waals surface area contributed by atoms with Crippen LogP contribution in [0.15, 0.2) is 18.2 Å². The van der Waals surface area contributed by atoms with Crippen LogP contribution in [0.3, 0.4) is 0 Å². The highest BCUT2D eigenvalue weighted by atomic mass is 16.5. The minimum absolute atomic E-state index is 0.0162. The Labute approximate surface area is 131 Å². The number of likely N-dealkylation sites (N-methyl/N-ethyl adjacent to an activating group) is 1. The molecular formula is C17H24N2O3. The lowest BCUT2D eigenvalue weighted by atomic mass is 9.98. The van der Waals surface area contributed by atoms with Crippen molar-refractivity contribution in [3.63, 3.8) is 0 Å². The van der Waals surface area contributed by atoms with Crippen molar-refractivity contribution in [3.8, 4) is 5.75 Å². The number of aryl methyl sites for hydroxylation is 1. The lowest BCUT2D eigenvalue weighted by Gasteiger charge is -2.23. The van der Waals surface area contributed by atoms with Crippen molar-refractivity contribution < 1.29 is 14.6 Å². The number of nitrogens with zero attached hydrogens (tertiary/aromatic N) is 2. The summed E-state index contributed by atoms with van der Waals surface area (Å²) in [6.45, 7) is 1.01. The van der Waals surface area contributed by atoms with Crippen molar-refractivity contribution in [2.24, 2.45) is 0 Å². The molecule has 0 aromatic heterocycles. The van der Waals surface area contributed by atoms with E-state index in [0.717, 1.165) is 24.2 Å². The van der Waals surface area contributed by atoms with Gasteiger partial charge >= 0.3 is 0 Å². The van der Waals surface area contributed by atoms with Crippen LogP contribution in [-0.2, 0) is 11.2 Å². The van der Waals surface area contributed by atoms with Crippen LogP contribution in [0.4, 0.5) is 0 Å². The van der Waals surface area contributed by atoms with Crippen LogP contribution in [0.25, 0.3) is 0 Å². The lowest BCUT2D eigenvalue weighted by Crippen LogP contribution is -2.38. The summed E-state index contributed by atoms with van der Waals surface area (Å²) in [6.07, 6.45) is 1.27. The zero-order valence-electron chi connectivity index (χ0n) is 13.5. The molecule has 5 nitrogen and oxygen atoms in total. The number of aliphatic hydroxyl groups excluding tert-OH is 1. The Balaban J connectivity index is 1.82. The first-order valence-electron chi connectivity index (χ1n) is 7.82. The second-order valence-corrected chi connectivity index (χ2v) is 6.47. The third kappa shape index (κ3) is 2.48. The Bertz CT molecular complexity index is 573. The first-order valence-corrected chi connectivity index (χ1v) is 7.82. The number of benzene rings is 1. The van der Waals surface area contributed by atoms with Gasteiger partial charge in [0.25, 0.3) is 0 Å². The molecule has 2 aliphatic rings. The maximum absolute atomic E-state index is 12.9. The van der Waals surface area contributed by atoms with E-state index < -0.39 is 6.10 Å². The molecule has 3 atom stereocenters. The molecule has 5 heteroatoms. The van der Waals surface area contributed by atoms with Crippen molar-refractivity contribution in [2.45, 2.75) is 30.9 Å². The minimum Gasteiger partial charge on any atom is -0.496 e. The number of amides is 1. The summed E-state index contributed by atoms with van der Waals surface area (Å²) in [5.41, 5.74) is 2.25. The first-order chi connectivity index (χ1) is 10.5. The van der Waals surface area contributed by atoms with E-state index in [1.54, 1.807) is 7.11 Å². The van der Waals surface area contributed by atoms with Gasteiger partial charge in [-0.1, -0.05) is 12.1 Å². The zero-order valence-corrected chi connectivity index (χ0v) is 13.5. The van der Waals surface area contributed by atoms with Crippen molar-refractivity contribution in [1.82, 2.24) is 9.80 Å². The van der Waals surface area contributed by atoms with Gasteiger partial charge in [-0.3, -0.25) is 4.79 Å². The van der Waals surface area contributed by atoms with Gasteiger partial charge in [-0.25, -0.2) is 0 Å². The second kappa shape index (κ2) is 5.89. The van der Waals surface area contributed by atoms with Crippen LogP contribution in [0.1, 0.15) is 23.5 Å². The quantitative estimate of drug-likeness (QED) is 0.900. The molecule has 120 valence electrons. The molecule has 1 aliphatic heterocycles. The normalized spacial score (nSPS) is 27.3. The van der Waals surface area contributed by atoms with Gasteiger partial charge in [-0.05, 0) is 38.6 Å². The topological polar surface area (TPSA) is 53.0 Å². The van der Waals surface area contributed by atoms with Gasteiger partial charge in [0.1, 0.15) is 5.75 Å². The predicted octanol–water partition coefficient (Wildman–Crippen LogP) is 0.858. The number of hydrogen-bond acceptors (Lipinski definition) is 4. The van der Waals surface area contributed by atoms with E-state index >= 15 is 0 Å². The molecule has 1 heterocycles. The predicted molar refractivity (Wildman–Crippen MR) is 84.1 cm³/mol. The number of likely N-dealkylation sites (tertiary alicyclic amines) is 1. The summed E-state index contributed by atoms with van der Waals surface area (Å²) in [6, 6.07) is 5.99. The number of carbonyl (C=O) groups is 1. The van der Waals surface area contributed by atoms with E-state index in [1.807, 2.05) is 36.0 Å². The number of aliphatic hydroxyl groups is 1. The van der Waals surface area contributed by atoms with E-state index in [-0.39, 0.29) is 17.9 Å². The Kier molecular flexibility index (Phi) is 4.10. The molecule has 1 N–H and O–H groups in total. The first kappa shape index (κ1) is 15.3. The number of ether oxygens (including phenoxy) is 1. The summed E-state index contributed by atoms with van der Waals surface area (Å²) in [5.74, 6) is 0.781. The van der Waals surface area contributed by atoms with Crippen molar-refractivity contribution in [2.75, 3.05) is 34.3 Å². The van der Waals surface area contributed by atoms with Crippen LogP contribution >= 0.6 is 0 Å². The standard InChI is InChI=1S/C17H24N2O3/c1-18(2)13-9-19(10-14(13)20)17(21)12-8-7-11-5-4-6-15(22-3)16(11)12/h4-6,12-14,20H,7-10H2,1-3H3/t12?,13-,14-/m0/s1. The summed E-state index contributed by atoms with van der Waals surface area (Å²) in [7, 11) is 5.53. The molecule has 1 saturated heterocycles. The number of methoxy groups -OCH3 is 1. The Morgan fingerprint density at radius 2 is 2.14 bits per heavy atom. The summed E-state index contributed by atoms with van der Waals surface area (Å²) >= 11 is 0. The van der Waals surface area contributed by atoms with E-state index in [0.29, 0.717) is 13.1 Å². The van der Waals surface area contributed by atoms with E-state index in [2.05, 4.69) is 6.07 Å². The smallest absolute Gasteiger partial charge is 0.230 e. The number of carbonyl (C=O) groups excluding carboxylic acids is 1. The fourth-order valence-electron chi connectivity index (χ4n) is 3.75. The molecule has 1 unspecified atom stereocenters. The van der Waals surface area contributed by atoms with Crippen molar-refractivity contribution in [1.29, 1.82) is 0 Å². The second-order valence-electron chi connectivity index (χ2n) is 6.47. The molecule has 0 bridgehead atoms. The van der Waals surface area contributed by atoms with E-state index in [1.165, 1.54) is 5.56 Å². The number of fused-ring (bicyclic) bond motifs is 1. The molecular weight excluding hydrogens is 280 g/mol. The Hall–Kier alpha value is -1.59. The van der Waals surface area contributed by atoms with Crippen LogP contribution in [0.5, 0.6) is 5.75 Å². The molecule has 1 aliphatic carbocycles. The highest BCUT2D eigenvalue weighted by molar-refractivity contribution is 5.86. The van der Waals surface area contributed by atoms with Crippen molar-refractivity contribution in [3.05, 3.63) is 29.3 Å². The highest BCUT2D eigenvalue weighted by Crippen LogP contribution is 2.40. The minimum atomic E-state index is -0.475. The molecule has 1 fully saturated rings. The SMILES string of the molecule is COc1cccc2c1C(C(=O)N1C[C@H](O)[C@@H](N(C)C)C1)CC2. The molecule has 0 spiro atoms. The third-order valence-corrected chi connectivity index (χ3v) is 4.96. The molecule has 1 amide bonds. The van der Waals surface area contributed by atoms with Gasteiger partial charge in [0, 0.05) is 18.7 Å². The molecule has 22 heavy (non-hydrogen) atoms. The largest absolute Gasteiger partial charge is 0.496 e. The molecule has 0 saturated carbocycles. The average Bonchev–Trinajstić information content (AvgIpc) is 3.09. The third-order valence-electron chi connectivity index (χ3n) is 4.96. The lowest BCUT2D eigenvalue weighted by molar-refractivity contribution is -0.132. The highest BCUT2D eigenvalue weighted by Gasteiger charge is 2.40. The Morgan fingerprint density at radius 1 is 1.36 bits per heavy atom. The molecule has 1 aromatic carbocycles. The van der Waals surface area contributed by atoms with E-state index in [4.69, 9.17) is 4.74 Å². The number of hydrogen-bond donors (Lipinski definition) is 1. The van der Waals surface area contributed by atoms with Crippen LogP contribution in [0.2, 0.25) is 0 Å². The van der Waals surface area contributed by atoms with Gasteiger partial charge in [0.05, 0.1) is 25.2 Å². The molecule has 1 aromatic rings. The van der Waals surface area contributed by atoms with Crippen LogP contribution in [-0.4, -0.2) is 67.3 Å². The summed E-state index contributed by atoms with van der Waals surface area (Å²) in [5, 5.41) is 10.2. The zero-order chi connectivity index (χ0) is 15.9. The molecule has 0 radical (unpaired) electrons. The summed E-state index contributed by atoms with van der Waals surface area (Å²) < 4.78 is 5.45.